The van der Waals surface area contributed by atoms with Crippen molar-refractivity contribution in [3.63, 3.8) is 0 Å². The van der Waals surface area contributed by atoms with E-state index in [0.717, 1.165) is 12.3 Å². The molecule has 1 aliphatic heterocycles. The first-order valence-corrected chi connectivity index (χ1v) is 7.90. The summed E-state index contributed by atoms with van der Waals surface area (Å²) in [6.45, 7) is 11.1. The van der Waals surface area contributed by atoms with E-state index < -0.39 is 34.8 Å². The molecule has 1 aliphatic rings. The monoisotopic (exact) mass is 354 g/mol. The predicted octanol–water partition coefficient (Wildman–Crippen LogP) is 1.83. The minimum atomic E-state index is -2.42. The number of hydrogen-bond acceptors (Lipinski definition) is 7. The summed E-state index contributed by atoms with van der Waals surface area (Å²) in [5.41, 5.74) is -4.22. The van der Waals surface area contributed by atoms with Crippen LogP contribution in [0.3, 0.4) is 0 Å². The van der Waals surface area contributed by atoms with Crippen LogP contribution in [0.15, 0.2) is 24.0 Å². The van der Waals surface area contributed by atoms with E-state index in [1.807, 2.05) is 0 Å². The number of ether oxygens (including phenoxy) is 3. The Morgan fingerprint density at radius 3 is 2.08 bits per heavy atom. The van der Waals surface area contributed by atoms with Crippen LogP contribution in [0.5, 0.6) is 0 Å². The molecule has 140 valence electrons. The van der Waals surface area contributed by atoms with Crippen molar-refractivity contribution in [1.29, 1.82) is 0 Å². The van der Waals surface area contributed by atoms with Gasteiger partial charge in [0.15, 0.2) is 5.78 Å². The van der Waals surface area contributed by atoms with Gasteiger partial charge in [0.2, 0.25) is 11.7 Å². The van der Waals surface area contributed by atoms with E-state index in [0.29, 0.717) is 0 Å². The Bertz CT molecular complexity index is 616. The van der Waals surface area contributed by atoms with Gasteiger partial charge in [0, 0.05) is 5.57 Å². The molecule has 7 nitrogen and oxygen atoms in total. The third kappa shape index (κ3) is 5.42. The van der Waals surface area contributed by atoms with Crippen LogP contribution < -0.4 is 0 Å². The molecule has 0 aromatic rings. The van der Waals surface area contributed by atoms with Crippen LogP contribution in [-0.4, -0.2) is 45.7 Å². The lowest BCUT2D eigenvalue weighted by Gasteiger charge is -2.32. The Balaban J connectivity index is 3.24. The lowest BCUT2D eigenvalue weighted by Crippen LogP contribution is -2.55. The van der Waals surface area contributed by atoms with Gasteiger partial charge in [-0.3, -0.25) is 4.79 Å². The molecule has 0 aliphatic carbocycles. The van der Waals surface area contributed by atoms with Crippen molar-refractivity contribution < 1.29 is 33.7 Å². The average Bonchev–Trinajstić information content (AvgIpc) is 2.70. The number of aliphatic hydroxyl groups is 1. The summed E-state index contributed by atoms with van der Waals surface area (Å²) >= 11 is 0. The van der Waals surface area contributed by atoms with Crippen molar-refractivity contribution in [2.24, 2.45) is 0 Å². The number of rotatable bonds is 4. The van der Waals surface area contributed by atoms with Gasteiger partial charge in [0.05, 0.1) is 6.26 Å². The van der Waals surface area contributed by atoms with Crippen molar-refractivity contribution in [2.45, 2.75) is 71.4 Å². The number of ketones is 1. The van der Waals surface area contributed by atoms with E-state index in [4.69, 9.17) is 14.2 Å². The van der Waals surface area contributed by atoms with E-state index in [1.165, 1.54) is 13.0 Å². The maximum atomic E-state index is 12.6. The molecule has 0 saturated carbocycles. The number of hydrogen-bond donors (Lipinski definition) is 1. The highest BCUT2D eigenvalue weighted by Crippen LogP contribution is 2.35. The number of esters is 2. The molecular weight excluding hydrogens is 328 g/mol. The van der Waals surface area contributed by atoms with Gasteiger partial charge in [0.25, 0.3) is 0 Å². The van der Waals surface area contributed by atoms with Gasteiger partial charge in [-0.1, -0.05) is 0 Å². The maximum absolute atomic E-state index is 12.6. The van der Waals surface area contributed by atoms with E-state index in [9.17, 15) is 19.5 Å². The fraction of sp³-hybridized carbons (Fsp3) is 0.611. The first-order chi connectivity index (χ1) is 11.2. The molecule has 7 heteroatoms. The molecule has 0 amide bonds. The van der Waals surface area contributed by atoms with Gasteiger partial charge in [-0.2, -0.15) is 0 Å². The highest BCUT2D eigenvalue weighted by Gasteiger charge is 2.58. The standard InChI is InChI=1S/C18H26O7/c1-11(19)8-9-12-10-23-13(14(20)24-16(2,3)4)18(12,22)15(21)25-17(5,6)7/h8-10,13,22H,1-7H3. The molecular formula is C18H26O7. The van der Waals surface area contributed by atoms with E-state index in [-0.39, 0.29) is 11.4 Å². The lowest BCUT2D eigenvalue weighted by molar-refractivity contribution is -0.192. The van der Waals surface area contributed by atoms with Crippen molar-refractivity contribution in [3.05, 3.63) is 24.0 Å². The zero-order chi connectivity index (χ0) is 19.6. The molecule has 0 saturated heterocycles. The predicted molar refractivity (Wildman–Crippen MR) is 89.4 cm³/mol. The number of carbonyl (C=O) groups is 3. The third-order valence-electron chi connectivity index (χ3n) is 2.98. The molecule has 0 spiro atoms. The molecule has 0 aromatic carbocycles. The van der Waals surface area contributed by atoms with Crippen LogP contribution in [-0.2, 0) is 28.6 Å². The second-order valence-electron chi connectivity index (χ2n) is 7.84. The first-order valence-electron chi connectivity index (χ1n) is 7.90. The van der Waals surface area contributed by atoms with Crippen LogP contribution in [0.1, 0.15) is 48.5 Å². The quantitative estimate of drug-likeness (QED) is 0.607. The summed E-state index contributed by atoms with van der Waals surface area (Å²) in [6, 6.07) is 0. The van der Waals surface area contributed by atoms with Gasteiger partial charge in [0.1, 0.15) is 11.2 Å². The van der Waals surface area contributed by atoms with Gasteiger partial charge in [-0.05, 0) is 60.6 Å². The molecule has 0 radical (unpaired) electrons. The third-order valence-corrected chi connectivity index (χ3v) is 2.98. The lowest BCUT2D eigenvalue weighted by atomic mass is 9.89. The van der Waals surface area contributed by atoms with E-state index in [2.05, 4.69) is 0 Å². The fourth-order valence-electron chi connectivity index (χ4n) is 2.02. The van der Waals surface area contributed by atoms with Gasteiger partial charge >= 0.3 is 11.9 Å². The normalized spacial score (nSPS) is 23.8. The van der Waals surface area contributed by atoms with Gasteiger partial charge in [-0.15, -0.1) is 0 Å². The summed E-state index contributed by atoms with van der Waals surface area (Å²) < 4.78 is 15.7. The summed E-state index contributed by atoms with van der Waals surface area (Å²) in [4.78, 5) is 36.2. The molecule has 0 bridgehead atoms. The molecule has 1 rings (SSSR count). The minimum Gasteiger partial charge on any atom is -0.482 e. The van der Waals surface area contributed by atoms with Crippen LogP contribution in [0.2, 0.25) is 0 Å². The molecule has 1 heterocycles. The summed E-state index contributed by atoms with van der Waals surface area (Å²) in [5.74, 6) is -2.27. The molecule has 0 aromatic heterocycles. The SMILES string of the molecule is CC(=O)C=CC1=COC(C(=O)OC(C)(C)C)C1(O)C(=O)OC(C)(C)C. The maximum Gasteiger partial charge on any atom is 0.351 e. The largest absolute Gasteiger partial charge is 0.482 e. The van der Waals surface area contributed by atoms with Crippen molar-refractivity contribution in [1.82, 2.24) is 0 Å². The first kappa shape index (κ1) is 20.9. The fourth-order valence-corrected chi connectivity index (χ4v) is 2.02. The van der Waals surface area contributed by atoms with Gasteiger partial charge in [-0.25, -0.2) is 9.59 Å². The number of allylic oxidation sites excluding steroid dienone is 1. The van der Waals surface area contributed by atoms with Crippen LogP contribution in [0.4, 0.5) is 0 Å². The zero-order valence-electron chi connectivity index (χ0n) is 15.7. The average molecular weight is 354 g/mol. The Morgan fingerprint density at radius 1 is 1.12 bits per heavy atom. The van der Waals surface area contributed by atoms with Crippen LogP contribution in [0, 0.1) is 0 Å². The molecule has 1 N–H and O–H groups in total. The minimum absolute atomic E-state index is 0.0622. The summed E-state index contributed by atoms with van der Waals surface area (Å²) in [5, 5.41) is 11.0. The summed E-state index contributed by atoms with van der Waals surface area (Å²) in [7, 11) is 0. The number of carbonyl (C=O) groups excluding carboxylic acids is 3. The molecule has 2 atom stereocenters. The van der Waals surface area contributed by atoms with Gasteiger partial charge < -0.3 is 19.3 Å². The molecule has 2 unspecified atom stereocenters. The zero-order valence-corrected chi connectivity index (χ0v) is 15.7. The van der Waals surface area contributed by atoms with Crippen molar-refractivity contribution in [2.75, 3.05) is 0 Å². The molecule has 0 fully saturated rings. The molecule has 25 heavy (non-hydrogen) atoms. The van der Waals surface area contributed by atoms with Crippen LogP contribution in [0.25, 0.3) is 0 Å². The Morgan fingerprint density at radius 2 is 1.64 bits per heavy atom. The van der Waals surface area contributed by atoms with Crippen molar-refractivity contribution in [3.8, 4) is 0 Å². The topological polar surface area (TPSA) is 99.1 Å². The smallest absolute Gasteiger partial charge is 0.351 e. The Labute approximate surface area is 147 Å². The summed E-state index contributed by atoms with van der Waals surface area (Å²) in [6.07, 6.45) is 1.80. The highest BCUT2D eigenvalue weighted by atomic mass is 16.6. The Kier molecular flexibility index (Phi) is 5.85. The second-order valence-corrected chi connectivity index (χ2v) is 7.84. The van der Waals surface area contributed by atoms with Crippen LogP contribution >= 0.6 is 0 Å². The second kappa shape index (κ2) is 7.00. The van der Waals surface area contributed by atoms with E-state index in [1.54, 1.807) is 41.5 Å². The Hall–Kier alpha value is -2.15. The van der Waals surface area contributed by atoms with Crippen molar-refractivity contribution >= 4 is 17.7 Å². The van der Waals surface area contributed by atoms with E-state index >= 15 is 0 Å². The highest BCUT2D eigenvalue weighted by molar-refractivity contribution is 5.95.